The Labute approximate surface area is 353 Å². The van der Waals surface area contributed by atoms with Crippen molar-refractivity contribution in [1.29, 1.82) is 0 Å². The van der Waals surface area contributed by atoms with Gasteiger partial charge >= 0.3 is 0 Å². The largest absolute Gasteiger partial charge is 0.457 e. The van der Waals surface area contributed by atoms with E-state index in [0.29, 0.717) is 22.9 Å². The molecule has 0 radical (unpaired) electrons. The van der Waals surface area contributed by atoms with Crippen molar-refractivity contribution in [2.24, 2.45) is 0 Å². The summed E-state index contributed by atoms with van der Waals surface area (Å²) in [6.45, 7) is 9.10. The van der Waals surface area contributed by atoms with Crippen LogP contribution in [0.25, 0.3) is 0 Å². The van der Waals surface area contributed by atoms with Gasteiger partial charge in [-0.25, -0.2) is 0 Å². The molecule has 0 saturated heterocycles. The van der Waals surface area contributed by atoms with E-state index in [1.165, 1.54) is 0 Å². The minimum Gasteiger partial charge on any atom is -0.457 e. The van der Waals surface area contributed by atoms with Crippen molar-refractivity contribution in [3.8, 4) is 23.0 Å². The molecular formula is C48H46Br2Cl2O3. The van der Waals surface area contributed by atoms with Crippen molar-refractivity contribution in [2.45, 2.75) is 76.4 Å². The molecule has 0 saturated carbocycles. The first-order valence-corrected chi connectivity index (χ1v) is 21.0. The number of rotatable bonds is 16. The van der Waals surface area contributed by atoms with Gasteiger partial charge in [0.15, 0.2) is 0 Å². The van der Waals surface area contributed by atoms with Gasteiger partial charge in [-0.1, -0.05) is 124 Å². The van der Waals surface area contributed by atoms with Gasteiger partial charge in [-0.3, -0.25) is 0 Å². The Morgan fingerprint density at radius 1 is 0.491 bits per heavy atom. The lowest BCUT2D eigenvalue weighted by molar-refractivity contribution is -0.0840. The van der Waals surface area contributed by atoms with Crippen molar-refractivity contribution >= 4 is 55.1 Å². The summed E-state index contributed by atoms with van der Waals surface area (Å²) in [5.74, 6) is 3.16. The van der Waals surface area contributed by atoms with Gasteiger partial charge in [0.2, 0.25) is 0 Å². The first kappa shape index (κ1) is 41.1. The maximum Gasteiger partial charge on any atom is 0.127 e. The molecule has 0 aliphatic heterocycles. The SMILES string of the molecule is CCC(C)(c1ccc(Cl)c(Br)c1)C(Cc1cccc(Oc2ccccc2)c1)OC(Cc1cccc(Oc2ccccc2)c1)C(C)(CC)c1ccc(Cl)c(Br)c1. The molecule has 0 fully saturated rings. The van der Waals surface area contributed by atoms with Gasteiger partial charge in [0, 0.05) is 19.8 Å². The van der Waals surface area contributed by atoms with E-state index in [1.54, 1.807) is 0 Å². The molecule has 6 aromatic rings. The molecular weight excluding hydrogens is 855 g/mol. The molecule has 4 unspecified atom stereocenters. The molecule has 7 heteroatoms. The van der Waals surface area contributed by atoms with Crippen molar-refractivity contribution in [2.75, 3.05) is 0 Å². The van der Waals surface area contributed by atoms with Crippen LogP contribution in [0.3, 0.4) is 0 Å². The van der Waals surface area contributed by atoms with Crippen LogP contribution in [-0.4, -0.2) is 12.2 Å². The molecule has 0 spiro atoms. The highest BCUT2D eigenvalue weighted by atomic mass is 79.9. The fourth-order valence-electron chi connectivity index (χ4n) is 7.13. The number of para-hydroxylation sites is 2. The van der Waals surface area contributed by atoms with E-state index in [-0.39, 0.29) is 12.2 Å². The smallest absolute Gasteiger partial charge is 0.127 e. The van der Waals surface area contributed by atoms with E-state index < -0.39 is 10.8 Å². The third-order valence-corrected chi connectivity index (χ3v) is 13.4. The van der Waals surface area contributed by atoms with E-state index in [1.807, 2.05) is 84.9 Å². The van der Waals surface area contributed by atoms with Crippen LogP contribution in [0, 0.1) is 0 Å². The molecule has 284 valence electrons. The summed E-state index contributed by atoms with van der Waals surface area (Å²) in [5, 5.41) is 1.35. The van der Waals surface area contributed by atoms with Gasteiger partial charge in [0.05, 0.1) is 22.3 Å². The second-order valence-electron chi connectivity index (χ2n) is 14.4. The number of benzene rings is 6. The van der Waals surface area contributed by atoms with Crippen LogP contribution in [0.15, 0.2) is 155 Å². The minimum absolute atomic E-state index is 0.257. The molecule has 6 rings (SSSR count). The van der Waals surface area contributed by atoms with E-state index in [4.69, 9.17) is 37.4 Å². The summed E-state index contributed by atoms with van der Waals surface area (Å²) in [7, 11) is 0. The van der Waals surface area contributed by atoms with Crippen LogP contribution < -0.4 is 9.47 Å². The van der Waals surface area contributed by atoms with Gasteiger partial charge < -0.3 is 14.2 Å². The molecule has 3 nitrogen and oxygen atoms in total. The molecule has 0 bridgehead atoms. The zero-order valence-corrected chi connectivity index (χ0v) is 36.3. The van der Waals surface area contributed by atoms with E-state index >= 15 is 0 Å². The van der Waals surface area contributed by atoms with Crippen molar-refractivity contribution in [3.63, 3.8) is 0 Å². The zero-order valence-electron chi connectivity index (χ0n) is 31.6. The van der Waals surface area contributed by atoms with Crippen LogP contribution in [0.4, 0.5) is 0 Å². The Hall–Kier alpha value is -3.58. The van der Waals surface area contributed by atoms with Crippen LogP contribution in [0.5, 0.6) is 23.0 Å². The molecule has 6 aromatic carbocycles. The van der Waals surface area contributed by atoms with Crippen LogP contribution >= 0.6 is 55.1 Å². The topological polar surface area (TPSA) is 27.7 Å². The number of hydrogen-bond donors (Lipinski definition) is 0. The summed E-state index contributed by atoms with van der Waals surface area (Å²) in [6.07, 6.45) is 2.44. The fraction of sp³-hybridized carbons (Fsp3) is 0.250. The molecule has 0 aliphatic carbocycles. The molecule has 55 heavy (non-hydrogen) atoms. The van der Waals surface area contributed by atoms with Gasteiger partial charge in [-0.15, -0.1) is 0 Å². The average Bonchev–Trinajstić information content (AvgIpc) is 3.20. The predicted octanol–water partition coefficient (Wildman–Crippen LogP) is 15.4. The molecule has 0 aromatic heterocycles. The molecule has 0 N–H and O–H groups in total. The first-order chi connectivity index (χ1) is 26.5. The number of ether oxygens (including phenoxy) is 3. The summed E-state index contributed by atoms with van der Waals surface area (Å²) in [4.78, 5) is 0. The highest BCUT2D eigenvalue weighted by Gasteiger charge is 2.43. The van der Waals surface area contributed by atoms with Crippen LogP contribution in [0.1, 0.15) is 62.8 Å². The second kappa shape index (κ2) is 18.6. The predicted molar refractivity (Wildman–Crippen MR) is 236 cm³/mol. The Balaban J connectivity index is 1.44. The quantitative estimate of drug-likeness (QED) is 0.0969. The Morgan fingerprint density at radius 3 is 1.24 bits per heavy atom. The van der Waals surface area contributed by atoms with Crippen LogP contribution in [0.2, 0.25) is 10.0 Å². The molecule has 4 atom stereocenters. The summed E-state index contributed by atoms with van der Waals surface area (Å²) in [5.41, 5.74) is 3.73. The Morgan fingerprint density at radius 2 is 0.873 bits per heavy atom. The Kier molecular flexibility index (Phi) is 13.9. The highest BCUT2D eigenvalue weighted by Crippen LogP contribution is 2.44. The van der Waals surface area contributed by atoms with E-state index in [9.17, 15) is 0 Å². The number of halogens is 4. The Bertz CT molecular complexity index is 2030. The standard InChI is InChI=1S/C48H46Br2Cl2O3/c1-5-47(3,35-23-25-43(51)41(49)31-35)45(29-33-15-13-21-39(27-33)53-37-17-9-7-10-18-37)55-46(48(4,6-2)36-24-26-44(52)42(50)32-36)30-34-16-14-22-40(28-34)54-38-19-11-8-12-20-38/h7-28,31-32,45-46H,5-6,29-30H2,1-4H3. The number of hydrogen-bond acceptors (Lipinski definition) is 3. The van der Waals surface area contributed by atoms with Crippen molar-refractivity contribution in [1.82, 2.24) is 0 Å². The highest BCUT2D eigenvalue weighted by molar-refractivity contribution is 9.10. The normalized spacial score (nSPS) is 14.7. The zero-order chi connectivity index (χ0) is 39.0. The van der Waals surface area contributed by atoms with Gasteiger partial charge in [0.25, 0.3) is 0 Å². The maximum absolute atomic E-state index is 7.76. The third-order valence-electron chi connectivity index (χ3n) is 11.0. The molecule has 0 amide bonds. The second-order valence-corrected chi connectivity index (χ2v) is 17.0. The van der Waals surface area contributed by atoms with Gasteiger partial charge in [0.1, 0.15) is 23.0 Å². The molecule has 0 aliphatic rings. The van der Waals surface area contributed by atoms with Crippen LogP contribution in [-0.2, 0) is 28.4 Å². The van der Waals surface area contributed by atoms with Gasteiger partial charge in [-0.2, -0.15) is 0 Å². The summed E-state index contributed by atoms with van der Waals surface area (Å²) >= 11 is 20.6. The fourth-order valence-corrected chi connectivity index (χ4v) is 8.13. The average molecular weight is 902 g/mol. The summed E-state index contributed by atoms with van der Waals surface area (Å²) < 4.78 is 22.1. The third kappa shape index (κ3) is 10.1. The first-order valence-electron chi connectivity index (χ1n) is 18.7. The molecule has 0 heterocycles. The monoisotopic (exact) mass is 898 g/mol. The summed E-state index contributed by atoms with van der Waals surface area (Å²) in [6, 6.07) is 49.0. The van der Waals surface area contributed by atoms with Crippen molar-refractivity contribution in [3.05, 3.63) is 187 Å². The maximum atomic E-state index is 7.76. The van der Waals surface area contributed by atoms with E-state index in [0.717, 1.165) is 67.0 Å². The lowest BCUT2D eigenvalue weighted by Gasteiger charge is -2.45. The minimum atomic E-state index is -0.408. The van der Waals surface area contributed by atoms with E-state index in [2.05, 4.69) is 120 Å². The van der Waals surface area contributed by atoms with Crippen molar-refractivity contribution < 1.29 is 14.2 Å². The lowest BCUT2D eigenvalue weighted by Crippen LogP contribution is -2.48. The van der Waals surface area contributed by atoms with Gasteiger partial charge in [-0.05, 0) is 153 Å². The lowest BCUT2D eigenvalue weighted by atomic mass is 9.71.